The maximum atomic E-state index is 11.3. The number of nitrogens with zero attached hydrogens (tertiary/aromatic N) is 1. The van der Waals surface area contributed by atoms with Gasteiger partial charge in [0.25, 0.3) is 5.56 Å². The lowest BCUT2D eigenvalue weighted by Crippen LogP contribution is -2.23. The predicted octanol–water partition coefficient (Wildman–Crippen LogP) is 0.0331. The van der Waals surface area contributed by atoms with Crippen LogP contribution in [0.25, 0.3) is 0 Å². The van der Waals surface area contributed by atoms with Crippen molar-refractivity contribution in [1.29, 1.82) is 0 Å². The van der Waals surface area contributed by atoms with Crippen LogP contribution in [0.15, 0.2) is 10.9 Å². The Balaban J connectivity index is 2.26. The topological polar surface area (TPSA) is 81.0 Å². The highest BCUT2D eigenvalue weighted by Gasteiger charge is 2.19. The molecule has 0 spiro atoms. The Morgan fingerprint density at radius 3 is 3.27 bits per heavy atom. The molecule has 1 atom stereocenters. The number of rotatable bonds is 2. The van der Waals surface area contributed by atoms with Gasteiger partial charge in [0, 0.05) is 24.1 Å². The van der Waals surface area contributed by atoms with Crippen molar-refractivity contribution in [1.82, 2.24) is 9.97 Å². The number of nitrogens with two attached hydrogens (primary N) is 1. The molecule has 1 saturated heterocycles. The number of hydrogen-bond acceptors (Lipinski definition) is 5. The number of aromatic amines is 1. The lowest BCUT2D eigenvalue weighted by Gasteiger charge is -2.21. The number of H-pyrrole nitrogens is 1. The third-order valence-corrected chi connectivity index (χ3v) is 3.14. The lowest BCUT2D eigenvalue weighted by molar-refractivity contribution is 0.0691. The van der Waals surface area contributed by atoms with E-state index >= 15 is 0 Å². The van der Waals surface area contributed by atoms with E-state index in [1.165, 1.54) is 6.07 Å². The molecule has 3 N–H and O–H groups in total. The van der Waals surface area contributed by atoms with E-state index in [2.05, 4.69) is 9.97 Å². The first-order chi connectivity index (χ1) is 7.29. The molecule has 1 fully saturated rings. The van der Waals surface area contributed by atoms with Crippen molar-refractivity contribution in [3.63, 3.8) is 0 Å². The smallest absolute Gasteiger partial charge is 0.251 e. The number of aromatic nitrogens is 2. The van der Waals surface area contributed by atoms with E-state index in [4.69, 9.17) is 10.5 Å². The highest BCUT2D eigenvalue weighted by atomic mass is 32.2. The van der Waals surface area contributed by atoms with E-state index < -0.39 is 0 Å². The number of ether oxygens (including phenoxy) is 1. The zero-order chi connectivity index (χ0) is 10.7. The first-order valence-electron chi connectivity index (χ1n) is 4.79. The maximum Gasteiger partial charge on any atom is 0.251 e. The van der Waals surface area contributed by atoms with Crippen molar-refractivity contribution in [3.05, 3.63) is 27.9 Å². The second-order valence-electron chi connectivity index (χ2n) is 3.26. The van der Waals surface area contributed by atoms with Crippen LogP contribution < -0.4 is 11.3 Å². The molecule has 0 bridgehead atoms. The maximum absolute atomic E-state index is 11.3. The van der Waals surface area contributed by atoms with Crippen LogP contribution in [0.3, 0.4) is 0 Å². The molecule has 6 heteroatoms. The Hall–Kier alpha value is -0.850. The molecule has 5 nitrogen and oxygen atoms in total. The van der Waals surface area contributed by atoms with Crippen LogP contribution in [-0.4, -0.2) is 28.1 Å². The van der Waals surface area contributed by atoms with Crippen molar-refractivity contribution in [2.24, 2.45) is 5.73 Å². The summed E-state index contributed by atoms with van der Waals surface area (Å²) in [6.45, 7) is 0.975. The van der Waals surface area contributed by atoms with Gasteiger partial charge in [0.2, 0.25) is 0 Å². The van der Waals surface area contributed by atoms with Crippen molar-refractivity contribution in [3.8, 4) is 0 Å². The molecule has 1 unspecified atom stereocenters. The standard InChI is InChI=1S/C9H13N3O2S/c10-4-6-3-8(13)12-9(11-6)7-5-15-2-1-14-7/h3,7H,1-2,4-5,10H2,(H,11,12,13). The van der Waals surface area contributed by atoms with Gasteiger partial charge in [0.15, 0.2) is 0 Å². The number of hydrogen-bond donors (Lipinski definition) is 2. The monoisotopic (exact) mass is 227 g/mol. The lowest BCUT2D eigenvalue weighted by atomic mass is 10.3. The Morgan fingerprint density at radius 1 is 1.73 bits per heavy atom. The Kier molecular flexibility index (Phi) is 3.40. The van der Waals surface area contributed by atoms with Gasteiger partial charge in [-0.1, -0.05) is 0 Å². The summed E-state index contributed by atoms with van der Waals surface area (Å²) < 4.78 is 5.52. The van der Waals surface area contributed by atoms with Gasteiger partial charge in [0.05, 0.1) is 12.3 Å². The van der Waals surface area contributed by atoms with Crippen LogP contribution in [0.4, 0.5) is 0 Å². The van der Waals surface area contributed by atoms with Crippen LogP contribution in [0.2, 0.25) is 0 Å². The van der Waals surface area contributed by atoms with Gasteiger partial charge >= 0.3 is 0 Å². The molecule has 0 aliphatic carbocycles. The van der Waals surface area contributed by atoms with Gasteiger partial charge in [-0.15, -0.1) is 0 Å². The Labute approximate surface area is 91.4 Å². The van der Waals surface area contributed by atoms with E-state index in [1.807, 2.05) is 0 Å². The predicted molar refractivity (Wildman–Crippen MR) is 58.8 cm³/mol. The van der Waals surface area contributed by atoms with E-state index in [1.54, 1.807) is 11.8 Å². The molecule has 1 aromatic rings. The fraction of sp³-hybridized carbons (Fsp3) is 0.556. The highest BCUT2D eigenvalue weighted by Crippen LogP contribution is 2.23. The van der Waals surface area contributed by atoms with Crippen molar-refractivity contribution >= 4 is 11.8 Å². The van der Waals surface area contributed by atoms with E-state index in [9.17, 15) is 4.79 Å². The average Bonchev–Trinajstić information content (AvgIpc) is 2.29. The van der Waals surface area contributed by atoms with Gasteiger partial charge in [-0.3, -0.25) is 4.79 Å². The first-order valence-corrected chi connectivity index (χ1v) is 5.94. The summed E-state index contributed by atoms with van der Waals surface area (Å²) in [5.74, 6) is 2.42. The normalized spacial score (nSPS) is 21.5. The molecule has 0 radical (unpaired) electrons. The molecule has 0 amide bonds. The van der Waals surface area contributed by atoms with Crippen LogP contribution in [0.1, 0.15) is 17.6 Å². The van der Waals surface area contributed by atoms with E-state index in [0.29, 0.717) is 18.1 Å². The minimum absolute atomic E-state index is 0.108. The third kappa shape index (κ3) is 2.58. The van der Waals surface area contributed by atoms with Crippen LogP contribution >= 0.6 is 11.8 Å². The minimum atomic E-state index is -0.167. The summed E-state index contributed by atoms with van der Waals surface area (Å²) in [6.07, 6.45) is -0.108. The van der Waals surface area contributed by atoms with Gasteiger partial charge in [-0.25, -0.2) is 4.98 Å². The molecule has 0 saturated carbocycles. The zero-order valence-corrected chi connectivity index (χ0v) is 9.05. The van der Waals surface area contributed by atoms with Gasteiger partial charge in [-0.2, -0.15) is 11.8 Å². The molecule has 1 aliphatic rings. The van der Waals surface area contributed by atoms with Crippen molar-refractivity contribution in [2.75, 3.05) is 18.1 Å². The van der Waals surface area contributed by atoms with Gasteiger partial charge in [0.1, 0.15) is 11.9 Å². The fourth-order valence-electron chi connectivity index (χ4n) is 1.43. The molecule has 15 heavy (non-hydrogen) atoms. The fourth-order valence-corrected chi connectivity index (χ4v) is 2.28. The summed E-state index contributed by atoms with van der Waals surface area (Å²) in [6, 6.07) is 1.42. The van der Waals surface area contributed by atoms with Crippen LogP contribution in [0.5, 0.6) is 0 Å². The summed E-state index contributed by atoms with van der Waals surface area (Å²) in [5.41, 5.74) is 5.89. The number of nitrogens with one attached hydrogen (secondary N) is 1. The Morgan fingerprint density at radius 2 is 2.60 bits per heavy atom. The SMILES string of the molecule is NCc1cc(=O)[nH]c(C2CSCCO2)n1. The molecular formula is C9H13N3O2S. The molecular weight excluding hydrogens is 214 g/mol. The van der Waals surface area contributed by atoms with Gasteiger partial charge in [-0.05, 0) is 0 Å². The summed E-state index contributed by atoms with van der Waals surface area (Å²) >= 11 is 1.80. The Bertz CT molecular complexity index is 387. The van der Waals surface area contributed by atoms with E-state index in [0.717, 1.165) is 11.5 Å². The summed E-state index contributed by atoms with van der Waals surface area (Å²) in [4.78, 5) is 18.2. The van der Waals surface area contributed by atoms with Crippen molar-refractivity contribution in [2.45, 2.75) is 12.6 Å². The second-order valence-corrected chi connectivity index (χ2v) is 4.41. The molecule has 0 aromatic carbocycles. The largest absolute Gasteiger partial charge is 0.369 e. The van der Waals surface area contributed by atoms with Crippen molar-refractivity contribution < 1.29 is 4.74 Å². The molecule has 1 aromatic heterocycles. The summed E-state index contributed by atoms with van der Waals surface area (Å²) in [5, 5.41) is 0. The summed E-state index contributed by atoms with van der Waals surface area (Å²) in [7, 11) is 0. The molecule has 2 rings (SSSR count). The van der Waals surface area contributed by atoms with Crippen LogP contribution in [0, 0.1) is 0 Å². The first kappa shape index (κ1) is 10.7. The molecule has 82 valence electrons. The molecule has 1 aliphatic heterocycles. The third-order valence-electron chi connectivity index (χ3n) is 2.14. The number of thioether (sulfide) groups is 1. The highest BCUT2D eigenvalue weighted by molar-refractivity contribution is 7.99. The quantitative estimate of drug-likeness (QED) is 0.745. The molecule has 2 heterocycles. The zero-order valence-electron chi connectivity index (χ0n) is 8.23. The average molecular weight is 227 g/mol. The minimum Gasteiger partial charge on any atom is -0.369 e. The van der Waals surface area contributed by atoms with Gasteiger partial charge < -0.3 is 15.5 Å². The van der Waals surface area contributed by atoms with Crippen LogP contribution in [-0.2, 0) is 11.3 Å². The van der Waals surface area contributed by atoms with E-state index in [-0.39, 0.29) is 18.2 Å². The second kappa shape index (κ2) is 4.78.